The van der Waals surface area contributed by atoms with Crippen LogP contribution in [0.2, 0.25) is 13.7 Å². The Balaban J connectivity index is 2.40. The first kappa shape index (κ1) is 13.7. The van der Waals surface area contributed by atoms with Gasteiger partial charge in [0.15, 0.2) is 0 Å². The molecule has 0 nitrogen and oxygen atoms in total. The summed E-state index contributed by atoms with van der Waals surface area (Å²) < 4.78 is 1.39. The van der Waals surface area contributed by atoms with E-state index in [-0.39, 0.29) is 4.83 Å². The van der Waals surface area contributed by atoms with Gasteiger partial charge < -0.3 is 0 Å². The molecule has 1 aromatic carbocycles. The van der Waals surface area contributed by atoms with Gasteiger partial charge in [-0.05, 0) is 30.2 Å². The number of alkyl halides is 1. The first-order valence-electron chi connectivity index (χ1n) is 4.84. The molecule has 90 valence electrons. The SMILES string of the molecule is Cc1ccc(C(Br)c2cc(Cl)sc2Cl)cc1Cl. The molecule has 0 spiro atoms. The second-order valence-electron chi connectivity index (χ2n) is 3.65. The Hall–Kier alpha value is 0.270. The van der Waals surface area contributed by atoms with Gasteiger partial charge in [0.05, 0.1) is 13.5 Å². The molecule has 0 saturated carbocycles. The Labute approximate surface area is 128 Å². The van der Waals surface area contributed by atoms with Crippen molar-refractivity contribution in [3.05, 3.63) is 54.7 Å². The van der Waals surface area contributed by atoms with Crippen LogP contribution in [0.3, 0.4) is 0 Å². The second-order valence-corrected chi connectivity index (χ2v) is 7.26. The quantitative estimate of drug-likeness (QED) is 0.529. The van der Waals surface area contributed by atoms with Gasteiger partial charge in [0.25, 0.3) is 0 Å². The van der Waals surface area contributed by atoms with Crippen molar-refractivity contribution in [1.82, 2.24) is 0 Å². The lowest BCUT2D eigenvalue weighted by molar-refractivity contribution is 1.19. The number of benzene rings is 1. The van der Waals surface area contributed by atoms with Gasteiger partial charge in [0.1, 0.15) is 0 Å². The lowest BCUT2D eigenvalue weighted by Gasteiger charge is -2.10. The van der Waals surface area contributed by atoms with Gasteiger partial charge >= 0.3 is 0 Å². The van der Waals surface area contributed by atoms with E-state index in [9.17, 15) is 0 Å². The molecule has 5 heteroatoms. The highest BCUT2D eigenvalue weighted by Gasteiger charge is 2.17. The molecular formula is C12H8BrCl3S. The van der Waals surface area contributed by atoms with Gasteiger partial charge in [0.2, 0.25) is 0 Å². The Morgan fingerprint density at radius 3 is 2.41 bits per heavy atom. The van der Waals surface area contributed by atoms with Crippen LogP contribution in [0, 0.1) is 6.92 Å². The van der Waals surface area contributed by atoms with E-state index in [1.54, 1.807) is 0 Å². The predicted molar refractivity (Wildman–Crippen MR) is 81.3 cm³/mol. The smallest absolute Gasteiger partial charge is 0.0990 e. The molecule has 0 aliphatic carbocycles. The van der Waals surface area contributed by atoms with E-state index in [0.29, 0.717) is 8.67 Å². The minimum atomic E-state index is 0.0110. The average molecular weight is 371 g/mol. The van der Waals surface area contributed by atoms with Crippen LogP contribution in [0.5, 0.6) is 0 Å². The second kappa shape index (κ2) is 5.50. The Bertz CT molecular complexity index is 551. The molecule has 2 rings (SSSR count). The minimum Gasteiger partial charge on any atom is -0.111 e. The number of halogens is 4. The summed E-state index contributed by atoms with van der Waals surface area (Å²) in [5.74, 6) is 0. The topological polar surface area (TPSA) is 0 Å². The van der Waals surface area contributed by atoms with Gasteiger partial charge in [-0.25, -0.2) is 0 Å². The molecule has 2 aromatic rings. The predicted octanol–water partition coefficient (Wildman–Crippen LogP) is 6.50. The summed E-state index contributed by atoms with van der Waals surface area (Å²) in [6, 6.07) is 7.84. The number of rotatable bonds is 2. The van der Waals surface area contributed by atoms with Gasteiger partial charge in [-0.1, -0.05) is 62.9 Å². The van der Waals surface area contributed by atoms with Crippen LogP contribution in [-0.4, -0.2) is 0 Å². The maximum absolute atomic E-state index is 6.13. The van der Waals surface area contributed by atoms with E-state index >= 15 is 0 Å². The van der Waals surface area contributed by atoms with Gasteiger partial charge in [-0.2, -0.15) is 0 Å². The number of aryl methyl sites for hydroxylation is 1. The van der Waals surface area contributed by atoms with Crippen LogP contribution < -0.4 is 0 Å². The summed E-state index contributed by atoms with van der Waals surface area (Å²) >= 11 is 23.2. The Kier molecular flexibility index (Phi) is 4.43. The zero-order chi connectivity index (χ0) is 12.6. The molecule has 0 aliphatic rings. The minimum absolute atomic E-state index is 0.0110. The first-order chi connectivity index (χ1) is 7.99. The van der Waals surface area contributed by atoms with E-state index < -0.39 is 0 Å². The van der Waals surface area contributed by atoms with Crippen LogP contribution in [0.25, 0.3) is 0 Å². The molecule has 1 atom stereocenters. The van der Waals surface area contributed by atoms with E-state index in [4.69, 9.17) is 34.8 Å². The van der Waals surface area contributed by atoms with Gasteiger partial charge in [0, 0.05) is 10.6 Å². The summed E-state index contributed by atoms with van der Waals surface area (Å²) in [7, 11) is 0. The molecule has 0 saturated heterocycles. The highest BCUT2D eigenvalue weighted by atomic mass is 79.9. The normalized spacial score (nSPS) is 12.8. The summed E-state index contributed by atoms with van der Waals surface area (Å²) in [6.45, 7) is 1.98. The van der Waals surface area contributed by atoms with Crippen LogP contribution in [0.15, 0.2) is 24.3 Å². The molecule has 1 unspecified atom stereocenters. The highest BCUT2D eigenvalue weighted by molar-refractivity contribution is 9.09. The summed E-state index contributed by atoms with van der Waals surface area (Å²) in [5, 5.41) is 0.754. The molecule has 0 N–H and O–H groups in total. The first-order valence-corrected chi connectivity index (χ1v) is 7.70. The molecule has 17 heavy (non-hydrogen) atoms. The van der Waals surface area contributed by atoms with Crippen molar-refractivity contribution in [3.8, 4) is 0 Å². The molecule has 1 aromatic heterocycles. The van der Waals surface area contributed by atoms with Crippen molar-refractivity contribution < 1.29 is 0 Å². The molecule has 0 radical (unpaired) electrons. The van der Waals surface area contributed by atoms with Crippen molar-refractivity contribution >= 4 is 62.1 Å². The zero-order valence-corrected chi connectivity index (χ0v) is 13.5. The summed E-state index contributed by atoms with van der Waals surface area (Å²) in [4.78, 5) is 0.0110. The lowest BCUT2D eigenvalue weighted by atomic mass is 10.1. The largest absolute Gasteiger partial charge is 0.111 e. The van der Waals surface area contributed by atoms with E-state index in [2.05, 4.69) is 15.9 Å². The van der Waals surface area contributed by atoms with E-state index in [1.807, 2.05) is 31.2 Å². The standard InChI is InChI=1S/C12H8BrCl3S/c1-6-2-3-7(4-9(6)14)11(13)8-5-10(15)17-12(8)16/h2-5,11H,1H3. The fourth-order valence-corrected chi connectivity index (χ4v) is 4.12. The van der Waals surface area contributed by atoms with Crippen molar-refractivity contribution in [2.75, 3.05) is 0 Å². The molecule has 0 aliphatic heterocycles. The third-order valence-electron chi connectivity index (χ3n) is 2.44. The van der Waals surface area contributed by atoms with Crippen molar-refractivity contribution in [1.29, 1.82) is 0 Å². The monoisotopic (exact) mass is 368 g/mol. The lowest BCUT2D eigenvalue weighted by Crippen LogP contribution is -1.92. The summed E-state index contributed by atoms with van der Waals surface area (Å²) in [5.41, 5.74) is 3.10. The van der Waals surface area contributed by atoms with Gasteiger partial charge in [-0.15, -0.1) is 11.3 Å². The third-order valence-corrected chi connectivity index (χ3v) is 5.39. The number of hydrogen-bond acceptors (Lipinski definition) is 1. The molecule has 0 bridgehead atoms. The van der Waals surface area contributed by atoms with Crippen LogP contribution in [0.4, 0.5) is 0 Å². The molecular weight excluding hydrogens is 362 g/mol. The molecule has 1 heterocycles. The van der Waals surface area contributed by atoms with Crippen molar-refractivity contribution in [2.24, 2.45) is 0 Å². The molecule has 0 amide bonds. The molecule has 0 fully saturated rings. The fourth-order valence-electron chi connectivity index (χ4n) is 1.47. The van der Waals surface area contributed by atoms with Crippen molar-refractivity contribution in [3.63, 3.8) is 0 Å². The summed E-state index contributed by atoms with van der Waals surface area (Å²) in [6.07, 6.45) is 0. The maximum Gasteiger partial charge on any atom is 0.0990 e. The maximum atomic E-state index is 6.13. The van der Waals surface area contributed by atoms with Crippen LogP contribution in [-0.2, 0) is 0 Å². The third kappa shape index (κ3) is 2.99. The van der Waals surface area contributed by atoms with Crippen LogP contribution in [0.1, 0.15) is 21.5 Å². The number of hydrogen-bond donors (Lipinski definition) is 0. The number of thiophene rings is 1. The zero-order valence-electron chi connectivity index (χ0n) is 8.81. The fraction of sp³-hybridized carbons (Fsp3) is 0.167. The van der Waals surface area contributed by atoms with Crippen LogP contribution >= 0.6 is 62.1 Å². The van der Waals surface area contributed by atoms with E-state index in [1.165, 1.54) is 11.3 Å². The Morgan fingerprint density at radius 1 is 1.18 bits per heavy atom. The highest BCUT2D eigenvalue weighted by Crippen LogP contribution is 2.42. The van der Waals surface area contributed by atoms with Crippen molar-refractivity contribution in [2.45, 2.75) is 11.8 Å². The van der Waals surface area contributed by atoms with E-state index in [0.717, 1.165) is 21.7 Å². The average Bonchev–Trinajstić information content (AvgIpc) is 2.61. The van der Waals surface area contributed by atoms with Gasteiger partial charge in [-0.3, -0.25) is 0 Å². The Morgan fingerprint density at radius 2 is 1.88 bits per heavy atom.